The Morgan fingerprint density at radius 2 is 1.76 bits per heavy atom. The van der Waals surface area contributed by atoms with Crippen LogP contribution in [0.5, 0.6) is 0 Å². The number of aromatic amines is 1. The lowest BCUT2D eigenvalue weighted by molar-refractivity contribution is -0.137. The van der Waals surface area contributed by atoms with E-state index in [1.165, 1.54) is 6.07 Å². The highest BCUT2D eigenvalue weighted by Crippen LogP contribution is 2.42. The topological polar surface area (TPSA) is 45.8 Å². The predicted octanol–water partition coefficient (Wildman–Crippen LogP) is 3.94. The van der Waals surface area contributed by atoms with Gasteiger partial charge in [-0.1, -0.05) is 20.8 Å². The van der Waals surface area contributed by atoms with Gasteiger partial charge in [0.25, 0.3) is 0 Å². The van der Waals surface area contributed by atoms with Gasteiger partial charge in [-0.2, -0.15) is 18.3 Å². The van der Waals surface area contributed by atoms with Crippen molar-refractivity contribution in [3.05, 3.63) is 40.6 Å². The number of carbonyl (C=O) groups excluding carboxylic acids is 1. The Morgan fingerprint density at radius 3 is 2.33 bits per heavy atom. The minimum absolute atomic E-state index is 0.247. The van der Waals surface area contributed by atoms with Gasteiger partial charge < -0.3 is 0 Å². The van der Waals surface area contributed by atoms with Crippen LogP contribution in [0.3, 0.4) is 0 Å². The summed E-state index contributed by atoms with van der Waals surface area (Å²) in [5.74, 6) is -0.271. The lowest BCUT2D eigenvalue weighted by atomic mass is 9.88. The number of aromatic nitrogens is 2. The number of fused-ring (bicyclic) bond motifs is 3. The van der Waals surface area contributed by atoms with Gasteiger partial charge in [0.1, 0.15) is 5.69 Å². The summed E-state index contributed by atoms with van der Waals surface area (Å²) >= 11 is 0. The molecule has 21 heavy (non-hydrogen) atoms. The van der Waals surface area contributed by atoms with Gasteiger partial charge >= 0.3 is 6.18 Å². The van der Waals surface area contributed by atoms with Crippen molar-refractivity contribution < 1.29 is 18.0 Å². The molecule has 1 aromatic carbocycles. The first-order valence-corrected chi connectivity index (χ1v) is 6.46. The summed E-state index contributed by atoms with van der Waals surface area (Å²) in [5, 5.41) is 6.86. The normalized spacial score (nSPS) is 14.3. The molecule has 1 aromatic heterocycles. The number of hydrogen-bond acceptors (Lipinski definition) is 2. The number of alkyl halides is 3. The maximum Gasteiger partial charge on any atom is 0.416 e. The van der Waals surface area contributed by atoms with E-state index in [4.69, 9.17) is 0 Å². The zero-order chi connectivity index (χ0) is 15.6. The Balaban J connectivity index is 2.23. The molecular formula is C15H13F3N2O. The van der Waals surface area contributed by atoms with Crippen LogP contribution in [0.4, 0.5) is 13.2 Å². The second-order valence-corrected chi connectivity index (χ2v) is 6.16. The van der Waals surface area contributed by atoms with Crippen molar-refractivity contribution in [2.45, 2.75) is 32.4 Å². The van der Waals surface area contributed by atoms with E-state index in [0.717, 1.165) is 12.1 Å². The molecule has 110 valence electrons. The highest BCUT2D eigenvalue weighted by Gasteiger charge is 2.38. The van der Waals surface area contributed by atoms with Crippen molar-refractivity contribution in [3.63, 3.8) is 0 Å². The van der Waals surface area contributed by atoms with E-state index in [9.17, 15) is 18.0 Å². The maximum atomic E-state index is 12.8. The minimum atomic E-state index is -4.44. The second-order valence-electron chi connectivity index (χ2n) is 6.16. The molecule has 0 amide bonds. The van der Waals surface area contributed by atoms with Gasteiger partial charge in [-0.05, 0) is 18.2 Å². The first kappa shape index (κ1) is 13.9. The van der Waals surface area contributed by atoms with Gasteiger partial charge in [-0.25, -0.2) is 0 Å². The Bertz CT molecular complexity index is 751. The van der Waals surface area contributed by atoms with Crippen LogP contribution in [0.2, 0.25) is 0 Å². The van der Waals surface area contributed by atoms with Gasteiger partial charge in [0.05, 0.1) is 16.8 Å². The summed E-state index contributed by atoms with van der Waals surface area (Å²) in [6, 6.07) is 3.16. The molecule has 1 heterocycles. The smallest absolute Gasteiger partial charge is 0.288 e. The number of ketones is 1. The minimum Gasteiger partial charge on any atom is -0.288 e. The van der Waals surface area contributed by atoms with E-state index in [-0.39, 0.29) is 22.3 Å². The van der Waals surface area contributed by atoms with Crippen LogP contribution in [0, 0.1) is 0 Å². The Hall–Kier alpha value is -2.11. The third-order valence-electron chi connectivity index (χ3n) is 3.59. The molecule has 0 bridgehead atoms. The number of nitrogens with zero attached hydrogens (tertiary/aromatic N) is 1. The molecule has 0 spiro atoms. The Labute approximate surface area is 119 Å². The number of nitrogens with one attached hydrogen (secondary N) is 1. The summed E-state index contributed by atoms with van der Waals surface area (Å²) in [6.07, 6.45) is -4.44. The third kappa shape index (κ3) is 1.97. The summed E-state index contributed by atoms with van der Waals surface area (Å²) in [5.41, 5.74) is 0.749. The number of hydrogen-bond donors (Lipinski definition) is 1. The largest absolute Gasteiger partial charge is 0.416 e. The van der Waals surface area contributed by atoms with Gasteiger partial charge in [-0.15, -0.1) is 0 Å². The highest BCUT2D eigenvalue weighted by molar-refractivity contribution is 6.21. The molecule has 1 N–H and O–H groups in total. The average molecular weight is 294 g/mol. The monoisotopic (exact) mass is 294 g/mol. The molecule has 0 saturated carbocycles. The summed E-state index contributed by atoms with van der Waals surface area (Å²) in [4.78, 5) is 12.4. The summed E-state index contributed by atoms with van der Waals surface area (Å²) < 4.78 is 38.4. The maximum absolute atomic E-state index is 12.8. The van der Waals surface area contributed by atoms with E-state index in [1.54, 1.807) is 0 Å². The number of rotatable bonds is 0. The SMILES string of the molecule is CC(C)(C)c1[nH]nc2c1C(=O)c1ccc(C(F)(F)F)cc1-2. The van der Waals surface area contributed by atoms with Crippen LogP contribution < -0.4 is 0 Å². The fourth-order valence-electron chi connectivity index (χ4n) is 2.55. The van der Waals surface area contributed by atoms with Gasteiger partial charge in [0.15, 0.2) is 5.78 Å². The number of halogens is 3. The summed E-state index contributed by atoms with van der Waals surface area (Å²) in [6.45, 7) is 5.74. The molecule has 0 saturated heterocycles. The van der Waals surface area contributed by atoms with E-state index in [0.29, 0.717) is 17.0 Å². The lowest BCUT2D eigenvalue weighted by Crippen LogP contribution is -2.16. The van der Waals surface area contributed by atoms with Crippen molar-refractivity contribution in [1.29, 1.82) is 0 Å². The van der Waals surface area contributed by atoms with Crippen LogP contribution >= 0.6 is 0 Å². The molecule has 0 aliphatic heterocycles. The molecular weight excluding hydrogens is 281 g/mol. The molecule has 2 aromatic rings. The Morgan fingerprint density at radius 1 is 1.10 bits per heavy atom. The average Bonchev–Trinajstić information content (AvgIpc) is 2.89. The van der Waals surface area contributed by atoms with E-state index >= 15 is 0 Å². The molecule has 0 fully saturated rings. The van der Waals surface area contributed by atoms with Gasteiger partial charge in [-0.3, -0.25) is 9.89 Å². The van der Waals surface area contributed by atoms with Crippen LogP contribution in [0.15, 0.2) is 18.2 Å². The fraction of sp³-hybridized carbons (Fsp3) is 0.333. The molecule has 0 atom stereocenters. The molecule has 3 rings (SSSR count). The summed E-state index contributed by atoms with van der Waals surface area (Å²) in [7, 11) is 0. The number of H-pyrrole nitrogens is 1. The van der Waals surface area contributed by atoms with Gasteiger partial charge in [0, 0.05) is 16.5 Å². The highest BCUT2D eigenvalue weighted by atomic mass is 19.4. The van der Waals surface area contributed by atoms with Crippen molar-refractivity contribution in [3.8, 4) is 11.3 Å². The van der Waals surface area contributed by atoms with E-state index in [1.807, 2.05) is 20.8 Å². The number of carbonyl (C=O) groups is 1. The first-order valence-electron chi connectivity index (χ1n) is 6.46. The van der Waals surface area contributed by atoms with Crippen LogP contribution in [0.1, 0.15) is 48.0 Å². The molecule has 1 aliphatic rings. The van der Waals surface area contributed by atoms with Crippen molar-refractivity contribution in [2.24, 2.45) is 0 Å². The lowest BCUT2D eigenvalue weighted by Gasteiger charge is -2.17. The predicted molar refractivity (Wildman–Crippen MR) is 71.2 cm³/mol. The van der Waals surface area contributed by atoms with Gasteiger partial charge in [0.2, 0.25) is 0 Å². The zero-order valence-corrected chi connectivity index (χ0v) is 11.7. The molecule has 6 heteroatoms. The Kier molecular flexibility index (Phi) is 2.61. The van der Waals surface area contributed by atoms with E-state index in [2.05, 4.69) is 10.2 Å². The molecule has 1 aliphatic carbocycles. The van der Waals surface area contributed by atoms with E-state index < -0.39 is 11.7 Å². The van der Waals surface area contributed by atoms with Crippen molar-refractivity contribution in [1.82, 2.24) is 10.2 Å². The molecule has 0 radical (unpaired) electrons. The number of benzene rings is 1. The van der Waals surface area contributed by atoms with Crippen molar-refractivity contribution in [2.75, 3.05) is 0 Å². The third-order valence-corrected chi connectivity index (χ3v) is 3.59. The first-order chi connectivity index (χ1) is 9.60. The standard InChI is InChI=1S/C15H13F3N2O/c1-14(2,3)13-10-11(19-20-13)9-6-7(15(16,17)18)4-5-8(9)12(10)21/h4-6H,1-3H3,(H,19,20). The van der Waals surface area contributed by atoms with Crippen LogP contribution in [-0.2, 0) is 11.6 Å². The van der Waals surface area contributed by atoms with Crippen LogP contribution in [-0.4, -0.2) is 16.0 Å². The quantitative estimate of drug-likeness (QED) is 0.682. The van der Waals surface area contributed by atoms with Crippen molar-refractivity contribution >= 4 is 5.78 Å². The second kappa shape index (κ2) is 3.96. The van der Waals surface area contributed by atoms with Crippen LogP contribution in [0.25, 0.3) is 11.3 Å². The molecule has 3 nitrogen and oxygen atoms in total. The zero-order valence-electron chi connectivity index (χ0n) is 11.7. The molecule has 0 unspecified atom stereocenters. The fourth-order valence-corrected chi connectivity index (χ4v) is 2.55.